The van der Waals surface area contributed by atoms with Gasteiger partial charge in [0.2, 0.25) is 5.91 Å². The summed E-state index contributed by atoms with van der Waals surface area (Å²) in [7, 11) is 0. The number of amides is 1. The molecule has 17 heavy (non-hydrogen) atoms. The largest absolute Gasteiger partial charge is 0.389 e. The van der Waals surface area contributed by atoms with Gasteiger partial charge in [-0.25, -0.2) is 0 Å². The van der Waals surface area contributed by atoms with Crippen LogP contribution in [0.3, 0.4) is 0 Å². The lowest BCUT2D eigenvalue weighted by molar-refractivity contribution is -0.136. The molecule has 5 nitrogen and oxygen atoms in total. The van der Waals surface area contributed by atoms with Gasteiger partial charge in [0.1, 0.15) is 12.4 Å². The van der Waals surface area contributed by atoms with Crippen molar-refractivity contribution in [1.82, 2.24) is 15.1 Å². The minimum atomic E-state index is -4.18. The molecular weight excluding hydrogens is 237 g/mol. The zero-order chi connectivity index (χ0) is 12.9. The Morgan fingerprint density at radius 1 is 1.53 bits per heavy atom. The van der Waals surface area contributed by atoms with Crippen LogP contribution in [-0.4, -0.2) is 28.4 Å². The van der Waals surface area contributed by atoms with Gasteiger partial charge in [0.05, 0.1) is 0 Å². The third kappa shape index (κ3) is 5.79. The SMILES string of the molecule is Nc1ccn(CC(=O)NCCCC(F)(F)F)n1. The number of nitrogen functional groups attached to an aromatic ring is 1. The van der Waals surface area contributed by atoms with Crippen LogP contribution in [0.4, 0.5) is 19.0 Å². The molecule has 0 aliphatic heterocycles. The molecule has 1 heterocycles. The van der Waals surface area contributed by atoms with E-state index in [1.54, 1.807) is 0 Å². The highest BCUT2D eigenvalue weighted by molar-refractivity contribution is 5.75. The van der Waals surface area contributed by atoms with E-state index in [-0.39, 0.29) is 25.3 Å². The fraction of sp³-hybridized carbons (Fsp3) is 0.556. The predicted molar refractivity (Wildman–Crippen MR) is 54.9 cm³/mol. The van der Waals surface area contributed by atoms with Crippen molar-refractivity contribution < 1.29 is 18.0 Å². The maximum absolute atomic E-state index is 11.8. The molecule has 0 saturated heterocycles. The Bertz CT molecular complexity index is 375. The highest BCUT2D eigenvalue weighted by atomic mass is 19.4. The fourth-order valence-electron chi connectivity index (χ4n) is 1.19. The Kier molecular flexibility index (Phi) is 4.36. The third-order valence-electron chi connectivity index (χ3n) is 1.93. The molecule has 0 saturated carbocycles. The molecule has 1 rings (SSSR count). The first-order valence-corrected chi connectivity index (χ1v) is 4.99. The van der Waals surface area contributed by atoms with Crippen molar-refractivity contribution in [2.75, 3.05) is 12.3 Å². The van der Waals surface area contributed by atoms with Crippen LogP contribution in [-0.2, 0) is 11.3 Å². The predicted octanol–water partition coefficient (Wildman–Crippen LogP) is 0.924. The molecular formula is C9H13F3N4O. The standard InChI is InChI=1S/C9H13F3N4O/c10-9(11,12)3-1-4-14-8(17)6-16-5-2-7(13)15-16/h2,5H,1,3-4,6H2,(H2,13,15)(H,14,17). The molecule has 0 unspecified atom stereocenters. The first kappa shape index (κ1) is 13.3. The quantitative estimate of drug-likeness (QED) is 0.763. The Balaban J connectivity index is 2.18. The molecule has 0 aromatic carbocycles. The van der Waals surface area contributed by atoms with Gasteiger partial charge in [-0.3, -0.25) is 9.48 Å². The lowest BCUT2D eigenvalue weighted by atomic mass is 10.3. The van der Waals surface area contributed by atoms with E-state index in [0.29, 0.717) is 0 Å². The first-order valence-electron chi connectivity index (χ1n) is 4.99. The van der Waals surface area contributed by atoms with E-state index in [9.17, 15) is 18.0 Å². The van der Waals surface area contributed by atoms with E-state index in [4.69, 9.17) is 5.73 Å². The lowest BCUT2D eigenvalue weighted by Crippen LogP contribution is -2.29. The Hall–Kier alpha value is -1.73. The first-order chi connectivity index (χ1) is 7.87. The van der Waals surface area contributed by atoms with Crippen LogP contribution in [0.15, 0.2) is 12.3 Å². The highest BCUT2D eigenvalue weighted by Crippen LogP contribution is 2.20. The molecule has 96 valence electrons. The summed E-state index contributed by atoms with van der Waals surface area (Å²) in [6.45, 7) is -0.0572. The number of anilines is 1. The monoisotopic (exact) mass is 250 g/mol. The summed E-state index contributed by atoms with van der Waals surface area (Å²) < 4.78 is 36.7. The fourth-order valence-corrected chi connectivity index (χ4v) is 1.19. The van der Waals surface area contributed by atoms with Crippen LogP contribution < -0.4 is 11.1 Å². The molecule has 0 bridgehead atoms. The number of halogens is 3. The number of hydrogen-bond donors (Lipinski definition) is 2. The van der Waals surface area contributed by atoms with Crippen LogP contribution in [0, 0.1) is 0 Å². The molecule has 8 heteroatoms. The molecule has 1 aromatic rings. The number of alkyl halides is 3. The summed E-state index contributed by atoms with van der Waals surface area (Å²) in [6.07, 6.45) is -3.69. The van der Waals surface area contributed by atoms with E-state index in [0.717, 1.165) is 0 Å². The highest BCUT2D eigenvalue weighted by Gasteiger charge is 2.25. The third-order valence-corrected chi connectivity index (χ3v) is 1.93. The van der Waals surface area contributed by atoms with Crippen molar-refractivity contribution in [3.05, 3.63) is 12.3 Å². The molecule has 1 aromatic heterocycles. The smallest absolute Gasteiger partial charge is 0.382 e. The number of rotatable bonds is 5. The normalized spacial score (nSPS) is 11.5. The number of nitrogens with two attached hydrogens (primary N) is 1. The van der Waals surface area contributed by atoms with Crippen molar-refractivity contribution in [1.29, 1.82) is 0 Å². The van der Waals surface area contributed by atoms with Gasteiger partial charge in [0, 0.05) is 19.2 Å². The lowest BCUT2D eigenvalue weighted by Gasteiger charge is -2.07. The van der Waals surface area contributed by atoms with E-state index in [2.05, 4.69) is 10.4 Å². The van der Waals surface area contributed by atoms with E-state index in [1.165, 1.54) is 16.9 Å². The van der Waals surface area contributed by atoms with Crippen LogP contribution >= 0.6 is 0 Å². The molecule has 0 fully saturated rings. The van der Waals surface area contributed by atoms with Gasteiger partial charge >= 0.3 is 6.18 Å². The summed E-state index contributed by atoms with van der Waals surface area (Å²) in [4.78, 5) is 11.3. The minimum absolute atomic E-state index is 0.00487. The van der Waals surface area contributed by atoms with Crippen LogP contribution in [0.2, 0.25) is 0 Å². The maximum atomic E-state index is 11.8. The van der Waals surface area contributed by atoms with Gasteiger partial charge in [-0.1, -0.05) is 0 Å². The molecule has 0 radical (unpaired) electrons. The van der Waals surface area contributed by atoms with Crippen molar-refractivity contribution >= 4 is 11.7 Å². The van der Waals surface area contributed by atoms with Crippen molar-refractivity contribution in [2.24, 2.45) is 0 Å². The van der Waals surface area contributed by atoms with Gasteiger partial charge in [0.15, 0.2) is 0 Å². The number of aromatic nitrogens is 2. The summed E-state index contributed by atoms with van der Waals surface area (Å²) in [6, 6.07) is 1.52. The molecule has 1 amide bonds. The van der Waals surface area contributed by atoms with Crippen LogP contribution in [0.5, 0.6) is 0 Å². The molecule has 0 spiro atoms. The minimum Gasteiger partial charge on any atom is -0.382 e. The number of carbonyl (C=O) groups excluding carboxylic acids is 1. The van der Waals surface area contributed by atoms with Gasteiger partial charge in [0.25, 0.3) is 0 Å². The summed E-state index contributed by atoms with van der Waals surface area (Å²) in [5, 5.41) is 6.14. The number of carbonyl (C=O) groups is 1. The van der Waals surface area contributed by atoms with Gasteiger partial charge in [-0.2, -0.15) is 18.3 Å². The van der Waals surface area contributed by atoms with Gasteiger partial charge in [-0.05, 0) is 12.5 Å². The second-order valence-corrected chi connectivity index (χ2v) is 3.51. The molecule has 0 aliphatic carbocycles. The summed E-state index contributed by atoms with van der Waals surface area (Å²) in [5.74, 6) is -0.106. The average Bonchev–Trinajstić information content (AvgIpc) is 2.57. The zero-order valence-corrected chi connectivity index (χ0v) is 9.00. The topological polar surface area (TPSA) is 72.9 Å². The molecule has 0 atom stereocenters. The Morgan fingerprint density at radius 2 is 2.24 bits per heavy atom. The van der Waals surface area contributed by atoms with E-state index >= 15 is 0 Å². The van der Waals surface area contributed by atoms with Crippen molar-refractivity contribution in [3.63, 3.8) is 0 Å². The zero-order valence-electron chi connectivity index (χ0n) is 9.00. The number of nitrogens with one attached hydrogen (secondary N) is 1. The Morgan fingerprint density at radius 3 is 2.76 bits per heavy atom. The van der Waals surface area contributed by atoms with E-state index in [1.807, 2.05) is 0 Å². The average molecular weight is 250 g/mol. The maximum Gasteiger partial charge on any atom is 0.389 e. The second-order valence-electron chi connectivity index (χ2n) is 3.51. The van der Waals surface area contributed by atoms with Crippen molar-refractivity contribution in [3.8, 4) is 0 Å². The number of nitrogens with zero attached hydrogens (tertiary/aromatic N) is 2. The summed E-state index contributed by atoms with van der Waals surface area (Å²) >= 11 is 0. The molecule has 0 aliphatic rings. The van der Waals surface area contributed by atoms with Crippen LogP contribution in [0.1, 0.15) is 12.8 Å². The van der Waals surface area contributed by atoms with Gasteiger partial charge < -0.3 is 11.1 Å². The van der Waals surface area contributed by atoms with E-state index < -0.39 is 18.5 Å². The number of hydrogen-bond acceptors (Lipinski definition) is 3. The second kappa shape index (κ2) is 5.55. The molecule has 3 N–H and O–H groups in total. The van der Waals surface area contributed by atoms with Gasteiger partial charge in [-0.15, -0.1) is 0 Å². The Labute approximate surface area is 95.8 Å². The van der Waals surface area contributed by atoms with Crippen molar-refractivity contribution in [2.45, 2.75) is 25.6 Å². The van der Waals surface area contributed by atoms with Crippen LogP contribution in [0.25, 0.3) is 0 Å². The summed E-state index contributed by atoms with van der Waals surface area (Å²) in [5.41, 5.74) is 5.34.